The summed E-state index contributed by atoms with van der Waals surface area (Å²) in [7, 11) is 0. The molecule has 2 aromatic carbocycles. The lowest BCUT2D eigenvalue weighted by Gasteiger charge is -2.22. The molecule has 2 aliphatic rings. The van der Waals surface area contributed by atoms with Crippen LogP contribution in [0.4, 0.5) is 16.6 Å². The molecule has 5 aromatic rings. The number of hydrogen-bond acceptors (Lipinski definition) is 11. The molecule has 1 aliphatic carbocycles. The summed E-state index contributed by atoms with van der Waals surface area (Å²) < 4.78 is 1.72. The number of pyridine rings is 1. The number of amides is 3. The van der Waals surface area contributed by atoms with Crippen LogP contribution in [0.15, 0.2) is 91.4 Å². The van der Waals surface area contributed by atoms with Crippen molar-refractivity contribution in [1.82, 2.24) is 40.5 Å². The second kappa shape index (κ2) is 17.0. The van der Waals surface area contributed by atoms with Gasteiger partial charge in [0, 0.05) is 37.8 Å². The van der Waals surface area contributed by atoms with E-state index in [0.717, 1.165) is 16.8 Å². The summed E-state index contributed by atoms with van der Waals surface area (Å²) in [6.07, 6.45) is 1.61. The molecular formula is C37H43ClN10O5. The van der Waals surface area contributed by atoms with E-state index in [9.17, 15) is 24.9 Å². The fraction of sp³-hybridized carbons (Fsp3) is 0.351. The number of anilines is 2. The normalized spacial score (nSPS) is 21.0. The highest BCUT2D eigenvalue weighted by Gasteiger charge is 2.44. The number of rotatable bonds is 12. The molecule has 1 aliphatic heterocycles. The van der Waals surface area contributed by atoms with Gasteiger partial charge >= 0.3 is 6.03 Å². The van der Waals surface area contributed by atoms with Crippen molar-refractivity contribution >= 4 is 47.3 Å². The van der Waals surface area contributed by atoms with E-state index in [1.807, 2.05) is 59.5 Å². The molecule has 0 unspecified atom stereocenters. The van der Waals surface area contributed by atoms with Crippen molar-refractivity contribution < 1.29 is 24.9 Å². The number of aromatic nitrogens is 5. The van der Waals surface area contributed by atoms with Crippen LogP contribution >= 0.6 is 12.4 Å². The van der Waals surface area contributed by atoms with Gasteiger partial charge in [-0.2, -0.15) is 9.97 Å². The first-order valence-corrected chi connectivity index (χ1v) is 17.4. The van der Waals surface area contributed by atoms with Gasteiger partial charge in [0.25, 0.3) is 0 Å². The number of nitrogens with one attached hydrogen (secondary N) is 4. The van der Waals surface area contributed by atoms with E-state index in [2.05, 4.69) is 55.5 Å². The minimum atomic E-state index is -1.26. The molecule has 4 heterocycles. The highest BCUT2D eigenvalue weighted by atomic mass is 35.5. The molecule has 2 fully saturated rings. The highest BCUT2D eigenvalue weighted by molar-refractivity contribution is 5.85. The zero-order chi connectivity index (χ0) is 36.0. The van der Waals surface area contributed by atoms with Crippen LogP contribution in [0.1, 0.15) is 41.6 Å². The molecule has 5 atom stereocenters. The fourth-order valence-corrected chi connectivity index (χ4v) is 7.06. The van der Waals surface area contributed by atoms with Gasteiger partial charge in [-0.25, -0.2) is 9.78 Å². The smallest absolute Gasteiger partial charge is 0.315 e. The maximum absolute atomic E-state index is 12.7. The predicted octanol–water partition coefficient (Wildman–Crippen LogP) is 2.11. The monoisotopic (exact) mass is 742 g/mol. The quantitative estimate of drug-likeness (QED) is 0.0987. The Balaban J connectivity index is 0.00000481. The minimum absolute atomic E-state index is 0. The van der Waals surface area contributed by atoms with Crippen LogP contribution < -0.4 is 26.2 Å². The Morgan fingerprint density at radius 1 is 0.887 bits per heavy atom. The van der Waals surface area contributed by atoms with Crippen LogP contribution in [0.5, 0.6) is 0 Å². The van der Waals surface area contributed by atoms with Crippen molar-refractivity contribution in [1.29, 1.82) is 0 Å². The Hall–Kier alpha value is -5.35. The van der Waals surface area contributed by atoms with E-state index >= 15 is 0 Å². The summed E-state index contributed by atoms with van der Waals surface area (Å²) in [5.41, 5.74) is 3.94. The average molecular weight is 743 g/mol. The molecule has 3 aromatic heterocycles. The number of carbonyl (C=O) groups excluding carboxylic acids is 2. The molecule has 1 saturated heterocycles. The zero-order valence-corrected chi connectivity index (χ0v) is 29.6. The Morgan fingerprint density at radius 3 is 2.28 bits per heavy atom. The summed E-state index contributed by atoms with van der Waals surface area (Å²) in [6.45, 7) is 1.12. The number of imidazole rings is 1. The van der Waals surface area contributed by atoms with Gasteiger partial charge in [-0.3, -0.25) is 9.78 Å². The second-order valence-electron chi connectivity index (χ2n) is 13.1. The molecule has 15 nitrogen and oxygen atoms in total. The Morgan fingerprint density at radius 2 is 1.60 bits per heavy atom. The minimum Gasteiger partial charge on any atom is -0.388 e. The van der Waals surface area contributed by atoms with E-state index in [4.69, 9.17) is 9.97 Å². The molecular weight excluding hydrogens is 700 g/mol. The number of urea groups is 1. The Kier molecular flexibility index (Phi) is 12.0. The molecule has 0 radical (unpaired) electrons. The van der Waals surface area contributed by atoms with Crippen molar-refractivity contribution in [2.75, 3.05) is 36.5 Å². The van der Waals surface area contributed by atoms with Gasteiger partial charge in [0.05, 0.1) is 30.6 Å². The summed E-state index contributed by atoms with van der Waals surface area (Å²) in [5.74, 6) is 0.269. The van der Waals surface area contributed by atoms with E-state index in [1.54, 1.807) is 17.1 Å². The number of halogens is 1. The number of hydrogen-bond donors (Lipinski definition) is 7. The van der Waals surface area contributed by atoms with Gasteiger partial charge in [-0.05, 0) is 36.1 Å². The predicted molar refractivity (Wildman–Crippen MR) is 201 cm³/mol. The fourth-order valence-electron chi connectivity index (χ4n) is 7.06. The molecule has 53 heavy (non-hydrogen) atoms. The molecule has 0 bridgehead atoms. The third-order valence-electron chi connectivity index (χ3n) is 9.75. The standard InChI is InChI=1S/C37H42N10O5.ClH/c48-21-30(49)43-28-17-29(33(51)32(28)50)47-22-41-31-34(39-19-27(23-9-3-1-4-10-23)24-11-5-2-6-12-24)44-36(45-35(31)47)46-16-14-26(20-46)42-37(52)40-18-25-13-7-8-15-38-25;/h1-13,15,22,26-29,32-33,48,50-51H,14,16-21H2,(H,43,49)(H,39,44,45)(H2,40,42,52);1H/t26-,28+,29-,32-,33+;/m1./s1. The third kappa shape index (κ3) is 8.49. The Labute approximate surface area is 312 Å². The summed E-state index contributed by atoms with van der Waals surface area (Å²) in [5, 5.41) is 43.2. The first kappa shape index (κ1) is 37.4. The largest absolute Gasteiger partial charge is 0.388 e. The summed E-state index contributed by atoms with van der Waals surface area (Å²) in [4.78, 5) is 45.5. The molecule has 3 amide bonds. The molecule has 16 heteroatoms. The van der Waals surface area contributed by atoms with Gasteiger partial charge in [-0.1, -0.05) is 66.7 Å². The maximum atomic E-state index is 12.7. The van der Waals surface area contributed by atoms with Crippen molar-refractivity contribution in [3.8, 4) is 0 Å². The van der Waals surface area contributed by atoms with Crippen LogP contribution in [0.3, 0.4) is 0 Å². The van der Waals surface area contributed by atoms with E-state index in [-0.39, 0.29) is 36.8 Å². The SMILES string of the molecule is Cl.O=C(CO)N[C@H]1C[C@@H](n2cnc3c(NCC(c4ccccc4)c4ccccc4)nc(N4CC[C@@H](NC(=O)NCc5ccccn5)C4)nc32)[C@H](O)[C@@H]1O. The lowest BCUT2D eigenvalue weighted by atomic mass is 9.91. The number of benzene rings is 2. The highest BCUT2D eigenvalue weighted by Crippen LogP contribution is 2.35. The van der Waals surface area contributed by atoms with Crippen LogP contribution in [-0.2, 0) is 11.3 Å². The average Bonchev–Trinajstić information content (AvgIpc) is 3.90. The van der Waals surface area contributed by atoms with Crippen LogP contribution in [0.2, 0.25) is 0 Å². The lowest BCUT2D eigenvalue weighted by Crippen LogP contribution is -2.44. The molecule has 0 spiro atoms. The molecule has 7 rings (SSSR count). The number of nitrogens with zero attached hydrogens (tertiary/aromatic N) is 6. The van der Waals surface area contributed by atoms with Gasteiger partial charge in [0.2, 0.25) is 11.9 Å². The van der Waals surface area contributed by atoms with Gasteiger partial charge in [0.15, 0.2) is 17.0 Å². The first-order chi connectivity index (χ1) is 25.4. The number of aliphatic hydroxyl groups excluding tert-OH is 3. The van der Waals surface area contributed by atoms with Crippen LogP contribution in [0.25, 0.3) is 11.2 Å². The van der Waals surface area contributed by atoms with Gasteiger partial charge in [0.1, 0.15) is 18.8 Å². The van der Waals surface area contributed by atoms with Crippen molar-refractivity contribution in [2.45, 2.75) is 55.6 Å². The number of carbonyl (C=O) groups is 2. The lowest BCUT2D eigenvalue weighted by molar-refractivity contribution is -0.125. The van der Waals surface area contributed by atoms with Crippen molar-refractivity contribution in [3.63, 3.8) is 0 Å². The molecule has 1 saturated carbocycles. The topological polar surface area (TPSA) is 203 Å². The second-order valence-corrected chi connectivity index (χ2v) is 13.1. The van der Waals surface area contributed by atoms with Gasteiger partial charge in [-0.15, -0.1) is 12.4 Å². The van der Waals surface area contributed by atoms with E-state index in [0.29, 0.717) is 55.5 Å². The van der Waals surface area contributed by atoms with Crippen LogP contribution in [0, 0.1) is 0 Å². The molecule has 278 valence electrons. The zero-order valence-electron chi connectivity index (χ0n) is 28.8. The Bertz CT molecular complexity index is 1930. The van der Waals surface area contributed by atoms with E-state index < -0.39 is 36.8 Å². The maximum Gasteiger partial charge on any atom is 0.315 e. The van der Waals surface area contributed by atoms with Crippen molar-refractivity contribution in [3.05, 3.63) is 108 Å². The molecule has 7 N–H and O–H groups in total. The first-order valence-electron chi connectivity index (χ1n) is 17.4. The van der Waals surface area contributed by atoms with Crippen molar-refractivity contribution in [2.24, 2.45) is 0 Å². The summed E-state index contributed by atoms with van der Waals surface area (Å²) in [6, 6.07) is 24.1. The number of fused-ring (bicyclic) bond motifs is 1. The summed E-state index contributed by atoms with van der Waals surface area (Å²) >= 11 is 0. The van der Waals surface area contributed by atoms with E-state index in [1.165, 1.54) is 0 Å². The number of aliphatic hydroxyl groups is 3. The van der Waals surface area contributed by atoms with Gasteiger partial charge < -0.3 is 46.1 Å². The third-order valence-corrected chi connectivity index (χ3v) is 9.75. The van der Waals surface area contributed by atoms with Crippen LogP contribution in [-0.4, -0.2) is 102 Å².